The van der Waals surface area contributed by atoms with E-state index in [1.54, 1.807) is 0 Å². The summed E-state index contributed by atoms with van der Waals surface area (Å²) < 4.78 is 0. The van der Waals surface area contributed by atoms with Gasteiger partial charge in [0.05, 0.1) is 0 Å². The zero-order valence-corrected chi connectivity index (χ0v) is 11.1. The van der Waals surface area contributed by atoms with Crippen LogP contribution in [-0.2, 0) is 6.42 Å². The van der Waals surface area contributed by atoms with Gasteiger partial charge in [-0.1, -0.05) is 37.3 Å². The number of likely N-dealkylation sites (N-methyl/N-ethyl adjacent to an activating group) is 1. The molecule has 0 aliphatic carbocycles. The summed E-state index contributed by atoms with van der Waals surface area (Å²) in [5.41, 5.74) is 3.99. The topological polar surface area (TPSA) is 24.9 Å². The Morgan fingerprint density at radius 2 is 2.00 bits per heavy atom. The summed E-state index contributed by atoms with van der Waals surface area (Å²) >= 11 is 0. The fraction of sp³-hybridized carbons (Fsp3) is 0.312. The largest absolute Gasteiger partial charge is 0.310 e. The van der Waals surface area contributed by atoms with Crippen LogP contribution in [0, 0.1) is 6.92 Å². The molecule has 0 amide bonds. The van der Waals surface area contributed by atoms with Crippen LogP contribution in [0.5, 0.6) is 0 Å². The Labute approximate surface area is 109 Å². The Kier molecular flexibility index (Phi) is 4.48. The molecular weight excluding hydrogens is 220 g/mol. The summed E-state index contributed by atoms with van der Waals surface area (Å²) in [7, 11) is 0. The quantitative estimate of drug-likeness (QED) is 0.867. The molecule has 0 aliphatic heterocycles. The average molecular weight is 240 g/mol. The maximum Gasteiger partial charge on any atom is 0.0363 e. The van der Waals surface area contributed by atoms with Gasteiger partial charge in [-0.05, 0) is 42.6 Å². The summed E-state index contributed by atoms with van der Waals surface area (Å²) in [6, 6.07) is 13.1. The first-order valence-electron chi connectivity index (χ1n) is 6.49. The Morgan fingerprint density at radius 3 is 2.67 bits per heavy atom. The van der Waals surface area contributed by atoms with E-state index in [4.69, 9.17) is 0 Å². The molecule has 18 heavy (non-hydrogen) atoms. The molecule has 0 saturated heterocycles. The van der Waals surface area contributed by atoms with Crippen LogP contribution in [0.1, 0.15) is 29.7 Å². The van der Waals surface area contributed by atoms with Gasteiger partial charge in [0, 0.05) is 18.4 Å². The second-order valence-electron chi connectivity index (χ2n) is 4.53. The van der Waals surface area contributed by atoms with Crippen LogP contribution in [0.25, 0.3) is 0 Å². The van der Waals surface area contributed by atoms with Crippen LogP contribution >= 0.6 is 0 Å². The van der Waals surface area contributed by atoms with Crippen molar-refractivity contribution in [2.75, 3.05) is 6.54 Å². The Balaban J connectivity index is 2.21. The number of aryl methyl sites for hydroxylation is 1. The van der Waals surface area contributed by atoms with E-state index in [-0.39, 0.29) is 0 Å². The summed E-state index contributed by atoms with van der Waals surface area (Å²) in [4.78, 5) is 4.19. The van der Waals surface area contributed by atoms with Crippen LogP contribution in [0.15, 0.2) is 48.8 Å². The Hall–Kier alpha value is -1.67. The Bertz CT molecular complexity index is 479. The van der Waals surface area contributed by atoms with Crippen molar-refractivity contribution < 1.29 is 0 Å². The van der Waals surface area contributed by atoms with Crippen LogP contribution in [-0.4, -0.2) is 11.5 Å². The number of nitrogens with one attached hydrogen (secondary N) is 1. The standard InChI is InChI=1S/C16H20N2/c1-3-18-16(11-14-8-6-10-17-12-14)15-9-5-4-7-13(15)2/h4-10,12,16,18H,3,11H2,1-2H3. The van der Waals surface area contributed by atoms with E-state index in [0.29, 0.717) is 6.04 Å². The fourth-order valence-corrected chi connectivity index (χ4v) is 2.27. The third-order valence-electron chi connectivity index (χ3n) is 3.18. The van der Waals surface area contributed by atoms with Crippen molar-refractivity contribution in [2.24, 2.45) is 0 Å². The lowest BCUT2D eigenvalue weighted by Gasteiger charge is -2.20. The second kappa shape index (κ2) is 6.31. The minimum Gasteiger partial charge on any atom is -0.310 e. The van der Waals surface area contributed by atoms with Crippen molar-refractivity contribution in [3.05, 3.63) is 65.5 Å². The highest BCUT2D eigenvalue weighted by molar-refractivity contribution is 5.30. The van der Waals surface area contributed by atoms with Crippen molar-refractivity contribution in [1.82, 2.24) is 10.3 Å². The Morgan fingerprint density at radius 1 is 1.17 bits per heavy atom. The summed E-state index contributed by atoms with van der Waals surface area (Å²) in [6.45, 7) is 5.29. The third kappa shape index (κ3) is 3.17. The lowest BCUT2D eigenvalue weighted by atomic mass is 9.96. The number of pyridine rings is 1. The van der Waals surface area contributed by atoms with Gasteiger partial charge in [0.2, 0.25) is 0 Å². The minimum absolute atomic E-state index is 0.361. The van der Waals surface area contributed by atoms with Gasteiger partial charge in [-0.25, -0.2) is 0 Å². The predicted octanol–water partition coefficient (Wildman–Crippen LogP) is 3.28. The van der Waals surface area contributed by atoms with Gasteiger partial charge in [-0.3, -0.25) is 4.98 Å². The monoisotopic (exact) mass is 240 g/mol. The molecule has 1 unspecified atom stereocenters. The van der Waals surface area contributed by atoms with E-state index in [1.807, 2.05) is 18.5 Å². The first kappa shape index (κ1) is 12.8. The number of hydrogen-bond donors (Lipinski definition) is 1. The molecule has 0 aliphatic rings. The molecule has 1 aromatic carbocycles. The number of rotatable bonds is 5. The summed E-state index contributed by atoms with van der Waals surface area (Å²) in [5.74, 6) is 0. The van der Waals surface area contributed by atoms with Crippen LogP contribution in [0.2, 0.25) is 0 Å². The molecule has 0 fully saturated rings. The van der Waals surface area contributed by atoms with Crippen molar-refractivity contribution >= 4 is 0 Å². The van der Waals surface area contributed by atoms with Crippen molar-refractivity contribution in [1.29, 1.82) is 0 Å². The predicted molar refractivity (Wildman–Crippen MR) is 75.5 cm³/mol. The van der Waals surface area contributed by atoms with Gasteiger partial charge in [0.1, 0.15) is 0 Å². The zero-order chi connectivity index (χ0) is 12.8. The molecular formula is C16H20N2. The lowest BCUT2D eigenvalue weighted by Crippen LogP contribution is -2.23. The molecule has 1 N–H and O–H groups in total. The van der Waals surface area contributed by atoms with Crippen molar-refractivity contribution in [3.8, 4) is 0 Å². The molecule has 0 spiro atoms. The van der Waals surface area contributed by atoms with E-state index >= 15 is 0 Å². The second-order valence-corrected chi connectivity index (χ2v) is 4.53. The highest BCUT2D eigenvalue weighted by atomic mass is 14.9. The molecule has 0 saturated carbocycles. The van der Waals surface area contributed by atoms with Gasteiger partial charge in [-0.15, -0.1) is 0 Å². The van der Waals surface area contributed by atoms with Gasteiger partial charge < -0.3 is 5.32 Å². The van der Waals surface area contributed by atoms with Crippen LogP contribution in [0.4, 0.5) is 0 Å². The smallest absolute Gasteiger partial charge is 0.0363 e. The lowest BCUT2D eigenvalue weighted by molar-refractivity contribution is 0.547. The zero-order valence-electron chi connectivity index (χ0n) is 11.1. The number of aromatic nitrogens is 1. The van der Waals surface area contributed by atoms with Gasteiger partial charge >= 0.3 is 0 Å². The number of hydrogen-bond acceptors (Lipinski definition) is 2. The SMILES string of the molecule is CCNC(Cc1cccnc1)c1ccccc1C. The molecule has 2 aromatic rings. The summed E-state index contributed by atoms with van der Waals surface area (Å²) in [6.07, 6.45) is 4.74. The molecule has 2 nitrogen and oxygen atoms in total. The van der Waals surface area contributed by atoms with Gasteiger partial charge in [-0.2, -0.15) is 0 Å². The molecule has 2 rings (SSSR count). The third-order valence-corrected chi connectivity index (χ3v) is 3.18. The average Bonchev–Trinajstić information content (AvgIpc) is 2.40. The number of nitrogens with zero attached hydrogens (tertiary/aromatic N) is 1. The molecule has 2 heteroatoms. The highest BCUT2D eigenvalue weighted by Crippen LogP contribution is 2.21. The molecule has 94 valence electrons. The maximum absolute atomic E-state index is 4.19. The first-order chi connectivity index (χ1) is 8.81. The van der Waals surface area contributed by atoms with Gasteiger partial charge in [0.25, 0.3) is 0 Å². The van der Waals surface area contributed by atoms with Crippen molar-refractivity contribution in [2.45, 2.75) is 26.3 Å². The molecule has 1 heterocycles. The fourth-order valence-electron chi connectivity index (χ4n) is 2.27. The van der Waals surface area contributed by atoms with E-state index in [1.165, 1.54) is 16.7 Å². The van der Waals surface area contributed by atoms with Crippen molar-refractivity contribution in [3.63, 3.8) is 0 Å². The normalized spacial score (nSPS) is 12.3. The number of benzene rings is 1. The van der Waals surface area contributed by atoms with Crippen LogP contribution < -0.4 is 5.32 Å². The maximum atomic E-state index is 4.19. The highest BCUT2D eigenvalue weighted by Gasteiger charge is 2.12. The first-order valence-corrected chi connectivity index (χ1v) is 6.49. The van der Waals surface area contributed by atoms with Crippen LogP contribution in [0.3, 0.4) is 0 Å². The van der Waals surface area contributed by atoms with E-state index in [2.05, 4.69) is 54.5 Å². The minimum atomic E-state index is 0.361. The van der Waals surface area contributed by atoms with E-state index in [0.717, 1.165) is 13.0 Å². The molecule has 0 radical (unpaired) electrons. The molecule has 1 atom stereocenters. The molecule has 1 aromatic heterocycles. The van der Waals surface area contributed by atoms with Gasteiger partial charge in [0.15, 0.2) is 0 Å². The molecule has 0 bridgehead atoms. The van der Waals surface area contributed by atoms with E-state index in [9.17, 15) is 0 Å². The summed E-state index contributed by atoms with van der Waals surface area (Å²) in [5, 5.41) is 3.56. The van der Waals surface area contributed by atoms with E-state index < -0.39 is 0 Å².